The quantitative estimate of drug-likeness (QED) is 0.861. The summed E-state index contributed by atoms with van der Waals surface area (Å²) >= 11 is 1.58. The van der Waals surface area contributed by atoms with E-state index in [-0.39, 0.29) is 10.9 Å². The number of nitrogens with zero attached hydrogens (tertiary/aromatic N) is 1. The molecule has 0 atom stereocenters. The monoisotopic (exact) mass is 322 g/mol. The Balaban J connectivity index is 1.97. The zero-order chi connectivity index (χ0) is 15.0. The molecule has 0 aliphatic heterocycles. The number of nitrogen functional groups attached to an aromatic ring is 1. The Labute approximate surface area is 129 Å². The van der Waals surface area contributed by atoms with Crippen LogP contribution in [0.5, 0.6) is 0 Å². The Morgan fingerprint density at radius 1 is 1.33 bits per heavy atom. The summed E-state index contributed by atoms with van der Waals surface area (Å²) < 4.78 is 27.4. The average molecular weight is 322 g/mol. The minimum atomic E-state index is -3.55. The molecule has 0 unspecified atom stereocenters. The molecule has 0 spiro atoms. The van der Waals surface area contributed by atoms with E-state index >= 15 is 0 Å². The van der Waals surface area contributed by atoms with Crippen LogP contribution in [0.3, 0.4) is 0 Å². The highest BCUT2D eigenvalue weighted by atomic mass is 32.2. The number of sulfonamides is 1. The summed E-state index contributed by atoms with van der Waals surface area (Å²) in [6.45, 7) is 2.33. The lowest BCUT2D eigenvalue weighted by Gasteiger charge is -2.22. The van der Waals surface area contributed by atoms with Crippen LogP contribution >= 0.6 is 11.3 Å². The first kappa shape index (κ1) is 14.6. The first-order valence-electron chi connectivity index (χ1n) is 6.89. The van der Waals surface area contributed by atoms with Crippen molar-refractivity contribution in [3.8, 4) is 0 Å². The van der Waals surface area contributed by atoms with Crippen molar-refractivity contribution in [3.63, 3.8) is 0 Å². The van der Waals surface area contributed by atoms with E-state index in [0.29, 0.717) is 12.2 Å². The van der Waals surface area contributed by atoms with Gasteiger partial charge in [-0.3, -0.25) is 0 Å². The van der Waals surface area contributed by atoms with E-state index in [1.807, 2.05) is 24.4 Å². The third-order valence-corrected chi connectivity index (χ3v) is 6.43. The summed E-state index contributed by atoms with van der Waals surface area (Å²) in [4.78, 5) is 1.27. The van der Waals surface area contributed by atoms with Crippen LogP contribution in [0.25, 0.3) is 0 Å². The third-order valence-electron chi connectivity index (χ3n) is 3.60. The molecule has 0 bridgehead atoms. The third kappa shape index (κ3) is 2.97. The van der Waals surface area contributed by atoms with Gasteiger partial charge in [-0.1, -0.05) is 12.1 Å². The molecule has 112 valence electrons. The highest BCUT2D eigenvalue weighted by Crippen LogP contribution is 2.35. The van der Waals surface area contributed by atoms with Gasteiger partial charge < -0.3 is 5.73 Å². The Kier molecular flexibility index (Phi) is 3.77. The van der Waals surface area contributed by atoms with Crippen LogP contribution in [0.1, 0.15) is 23.3 Å². The lowest BCUT2D eigenvalue weighted by molar-refractivity contribution is 0.402. The van der Waals surface area contributed by atoms with Crippen LogP contribution in [-0.4, -0.2) is 18.8 Å². The van der Waals surface area contributed by atoms with Gasteiger partial charge in [0.25, 0.3) is 0 Å². The number of benzene rings is 1. The van der Waals surface area contributed by atoms with Gasteiger partial charge >= 0.3 is 0 Å². The zero-order valence-electron chi connectivity index (χ0n) is 11.8. The maximum atomic E-state index is 12.9. The van der Waals surface area contributed by atoms with E-state index in [0.717, 1.165) is 23.3 Å². The van der Waals surface area contributed by atoms with E-state index in [2.05, 4.69) is 0 Å². The SMILES string of the molecule is Cc1ccc(S(=O)(=O)N(Cc2cccs2)C2CC2)c(N)c1. The van der Waals surface area contributed by atoms with E-state index in [1.54, 1.807) is 33.8 Å². The van der Waals surface area contributed by atoms with Crippen LogP contribution in [0.15, 0.2) is 40.6 Å². The molecule has 2 aromatic rings. The summed E-state index contributed by atoms with van der Waals surface area (Å²) in [5.41, 5.74) is 7.22. The Morgan fingerprint density at radius 3 is 2.67 bits per heavy atom. The molecule has 1 fully saturated rings. The van der Waals surface area contributed by atoms with Gasteiger partial charge in [0, 0.05) is 17.5 Å². The second kappa shape index (κ2) is 5.44. The topological polar surface area (TPSA) is 63.4 Å². The molecule has 0 saturated heterocycles. The predicted molar refractivity (Wildman–Crippen MR) is 85.7 cm³/mol. The lowest BCUT2D eigenvalue weighted by Crippen LogP contribution is -2.32. The highest BCUT2D eigenvalue weighted by molar-refractivity contribution is 7.89. The second-order valence-corrected chi connectivity index (χ2v) is 8.29. The molecule has 1 saturated carbocycles. The maximum Gasteiger partial charge on any atom is 0.245 e. The molecule has 1 aliphatic rings. The second-order valence-electron chi connectivity index (χ2n) is 5.40. The minimum Gasteiger partial charge on any atom is -0.398 e. The van der Waals surface area contributed by atoms with Gasteiger partial charge in [-0.2, -0.15) is 4.31 Å². The van der Waals surface area contributed by atoms with Gasteiger partial charge in [-0.05, 0) is 48.9 Å². The summed E-state index contributed by atoms with van der Waals surface area (Å²) in [6.07, 6.45) is 1.85. The number of anilines is 1. The van der Waals surface area contributed by atoms with Gasteiger partial charge in [0.15, 0.2) is 0 Å². The van der Waals surface area contributed by atoms with Crippen LogP contribution in [0.4, 0.5) is 5.69 Å². The molecular formula is C15H18N2O2S2. The van der Waals surface area contributed by atoms with Gasteiger partial charge in [0.1, 0.15) is 4.90 Å². The highest BCUT2D eigenvalue weighted by Gasteiger charge is 2.38. The van der Waals surface area contributed by atoms with E-state index in [1.165, 1.54) is 0 Å². The van der Waals surface area contributed by atoms with Crippen LogP contribution in [-0.2, 0) is 16.6 Å². The molecule has 3 rings (SSSR count). The Bertz CT molecular complexity index is 735. The van der Waals surface area contributed by atoms with Crippen molar-refractivity contribution in [2.24, 2.45) is 0 Å². The first-order chi connectivity index (χ1) is 9.98. The molecule has 1 heterocycles. The number of aryl methyl sites for hydroxylation is 1. The summed E-state index contributed by atoms with van der Waals surface area (Å²) in [7, 11) is -3.55. The summed E-state index contributed by atoms with van der Waals surface area (Å²) in [5, 5.41) is 1.97. The molecule has 2 N–H and O–H groups in total. The van der Waals surface area contributed by atoms with Crippen molar-refractivity contribution >= 4 is 27.0 Å². The molecule has 6 heteroatoms. The Hall–Kier alpha value is -1.37. The fraction of sp³-hybridized carbons (Fsp3) is 0.333. The number of nitrogens with two attached hydrogens (primary N) is 1. The molecule has 1 aliphatic carbocycles. The standard InChI is InChI=1S/C15H18N2O2S2/c1-11-4-7-15(14(16)9-11)21(18,19)17(12-5-6-12)10-13-3-2-8-20-13/h2-4,7-9,12H,5-6,10,16H2,1H3. The average Bonchev–Trinajstić information content (AvgIpc) is 3.11. The van der Waals surface area contributed by atoms with Gasteiger partial charge in [-0.15, -0.1) is 11.3 Å². The van der Waals surface area contributed by atoms with Crippen molar-refractivity contribution in [3.05, 3.63) is 46.2 Å². The van der Waals surface area contributed by atoms with Gasteiger partial charge in [-0.25, -0.2) is 8.42 Å². The van der Waals surface area contributed by atoms with Crippen molar-refractivity contribution in [1.82, 2.24) is 4.31 Å². The van der Waals surface area contributed by atoms with Gasteiger partial charge in [0.2, 0.25) is 10.0 Å². The maximum absolute atomic E-state index is 12.9. The number of hydrogen-bond acceptors (Lipinski definition) is 4. The first-order valence-corrected chi connectivity index (χ1v) is 9.21. The molecular weight excluding hydrogens is 304 g/mol. The lowest BCUT2D eigenvalue weighted by atomic mass is 10.2. The van der Waals surface area contributed by atoms with E-state index in [9.17, 15) is 8.42 Å². The number of thiophene rings is 1. The zero-order valence-corrected chi connectivity index (χ0v) is 13.5. The van der Waals surface area contributed by atoms with Crippen molar-refractivity contribution in [2.45, 2.75) is 37.2 Å². The number of rotatable bonds is 5. The molecule has 1 aromatic heterocycles. The summed E-state index contributed by atoms with van der Waals surface area (Å²) in [5.74, 6) is 0. The molecule has 0 radical (unpaired) electrons. The number of hydrogen-bond donors (Lipinski definition) is 1. The minimum absolute atomic E-state index is 0.109. The summed E-state index contributed by atoms with van der Waals surface area (Å²) in [6, 6.07) is 9.14. The molecule has 4 nitrogen and oxygen atoms in total. The van der Waals surface area contributed by atoms with Crippen molar-refractivity contribution in [1.29, 1.82) is 0 Å². The van der Waals surface area contributed by atoms with E-state index in [4.69, 9.17) is 5.73 Å². The normalized spacial score (nSPS) is 15.5. The fourth-order valence-electron chi connectivity index (χ4n) is 2.36. The smallest absolute Gasteiger partial charge is 0.245 e. The fourth-order valence-corrected chi connectivity index (χ4v) is 4.90. The molecule has 21 heavy (non-hydrogen) atoms. The van der Waals surface area contributed by atoms with Gasteiger partial charge in [0.05, 0.1) is 5.69 Å². The molecule has 1 aromatic carbocycles. The largest absolute Gasteiger partial charge is 0.398 e. The van der Waals surface area contributed by atoms with E-state index < -0.39 is 10.0 Å². The predicted octanol–water partition coefficient (Wildman–Crippen LogP) is 2.99. The van der Waals surface area contributed by atoms with Crippen LogP contribution < -0.4 is 5.73 Å². The Morgan fingerprint density at radius 2 is 2.10 bits per heavy atom. The van der Waals surface area contributed by atoms with Crippen LogP contribution in [0, 0.1) is 6.92 Å². The van der Waals surface area contributed by atoms with Crippen molar-refractivity contribution < 1.29 is 8.42 Å². The van der Waals surface area contributed by atoms with Crippen LogP contribution in [0.2, 0.25) is 0 Å². The molecule has 0 amide bonds. The van der Waals surface area contributed by atoms with Crippen molar-refractivity contribution in [2.75, 3.05) is 5.73 Å².